The molecular formula is C9H15N3OS. The minimum Gasteiger partial charge on any atom is -0.399 e. The molecule has 0 heterocycles. The van der Waals surface area contributed by atoms with Crippen LogP contribution in [0.2, 0.25) is 0 Å². The lowest BCUT2D eigenvalue weighted by Gasteiger charge is -2.04. The van der Waals surface area contributed by atoms with Gasteiger partial charge in [0.05, 0.1) is 0 Å². The molecule has 0 aliphatic rings. The molecule has 0 aliphatic carbocycles. The number of nitrogens with two attached hydrogens (primary N) is 1. The maximum absolute atomic E-state index is 11.2. The first kappa shape index (κ1) is 11.2. The highest BCUT2D eigenvalue weighted by Crippen LogP contribution is 2.05. The van der Waals surface area contributed by atoms with E-state index in [-0.39, 0.29) is 0 Å². The zero-order valence-electron chi connectivity index (χ0n) is 8.12. The minimum absolute atomic E-state index is 0.546. The minimum atomic E-state index is -1.17. The molecule has 0 fully saturated rings. The van der Waals surface area contributed by atoms with Crippen molar-refractivity contribution in [3.05, 3.63) is 29.8 Å². The highest BCUT2D eigenvalue weighted by molar-refractivity contribution is 7.80. The molecule has 1 atom stereocenters. The van der Waals surface area contributed by atoms with Gasteiger partial charge in [0.1, 0.15) is 0 Å². The van der Waals surface area contributed by atoms with Crippen LogP contribution >= 0.6 is 0 Å². The van der Waals surface area contributed by atoms with Crippen LogP contribution < -0.4 is 15.2 Å². The zero-order valence-corrected chi connectivity index (χ0v) is 8.93. The van der Waals surface area contributed by atoms with E-state index >= 15 is 0 Å². The van der Waals surface area contributed by atoms with Crippen LogP contribution in [0.4, 0.5) is 5.69 Å². The van der Waals surface area contributed by atoms with Gasteiger partial charge in [-0.15, -0.1) is 0 Å². The Labute approximate surface area is 86.6 Å². The maximum Gasteiger partial charge on any atom is 0.167 e. The van der Waals surface area contributed by atoms with E-state index in [1.165, 1.54) is 0 Å². The lowest BCUT2D eigenvalue weighted by atomic mass is 10.2. The summed E-state index contributed by atoms with van der Waals surface area (Å²) in [5.74, 6) is 0. The summed E-state index contributed by atoms with van der Waals surface area (Å²) in [6.07, 6.45) is 0. The van der Waals surface area contributed by atoms with Crippen LogP contribution in [0.25, 0.3) is 0 Å². The topological polar surface area (TPSA) is 67.2 Å². The molecule has 0 bridgehead atoms. The number of hydrogen-bond donors (Lipinski definition) is 3. The first-order valence-electron chi connectivity index (χ1n) is 4.45. The summed E-state index contributed by atoms with van der Waals surface area (Å²) >= 11 is -1.17. The average molecular weight is 213 g/mol. The molecule has 14 heavy (non-hydrogen) atoms. The van der Waals surface area contributed by atoms with E-state index < -0.39 is 11.2 Å². The third-order valence-electron chi connectivity index (χ3n) is 1.63. The van der Waals surface area contributed by atoms with Gasteiger partial charge in [-0.1, -0.05) is 19.1 Å². The molecule has 1 rings (SSSR count). The SMILES string of the molecule is CCNS(=O)NCc1cccc(N)c1. The summed E-state index contributed by atoms with van der Waals surface area (Å²) in [5, 5.41) is 0. The van der Waals surface area contributed by atoms with E-state index in [9.17, 15) is 4.21 Å². The second-order valence-corrected chi connectivity index (χ2v) is 3.95. The van der Waals surface area contributed by atoms with Gasteiger partial charge in [0, 0.05) is 18.8 Å². The molecule has 0 aliphatic heterocycles. The van der Waals surface area contributed by atoms with Crippen molar-refractivity contribution < 1.29 is 4.21 Å². The summed E-state index contributed by atoms with van der Waals surface area (Å²) in [6, 6.07) is 7.50. The van der Waals surface area contributed by atoms with E-state index in [1.807, 2.05) is 31.2 Å². The van der Waals surface area contributed by atoms with Gasteiger partial charge in [0.2, 0.25) is 0 Å². The Kier molecular flexibility index (Phi) is 4.58. The van der Waals surface area contributed by atoms with E-state index in [1.54, 1.807) is 0 Å². The second kappa shape index (κ2) is 5.74. The van der Waals surface area contributed by atoms with Gasteiger partial charge in [0.25, 0.3) is 0 Å². The van der Waals surface area contributed by atoms with Crippen molar-refractivity contribution in [3.63, 3.8) is 0 Å². The first-order chi connectivity index (χ1) is 6.72. The molecule has 1 unspecified atom stereocenters. The average Bonchev–Trinajstić information content (AvgIpc) is 2.15. The molecule has 0 radical (unpaired) electrons. The number of benzene rings is 1. The molecule has 0 aromatic heterocycles. The molecular weight excluding hydrogens is 198 g/mol. The Bertz CT molecular complexity index is 317. The Morgan fingerprint density at radius 3 is 2.86 bits per heavy atom. The van der Waals surface area contributed by atoms with Crippen molar-refractivity contribution in [1.82, 2.24) is 9.44 Å². The summed E-state index contributed by atoms with van der Waals surface area (Å²) in [4.78, 5) is 0. The van der Waals surface area contributed by atoms with Crippen molar-refractivity contribution in [2.45, 2.75) is 13.5 Å². The standard InChI is InChI=1S/C9H15N3OS/c1-2-11-14(13)12-7-8-4-3-5-9(10)6-8/h3-6,11-12H,2,7,10H2,1H3. The van der Waals surface area contributed by atoms with Crippen molar-refractivity contribution in [3.8, 4) is 0 Å². The van der Waals surface area contributed by atoms with E-state index in [2.05, 4.69) is 9.44 Å². The van der Waals surface area contributed by atoms with E-state index in [0.717, 1.165) is 11.3 Å². The van der Waals surface area contributed by atoms with Crippen LogP contribution in [0.15, 0.2) is 24.3 Å². The maximum atomic E-state index is 11.2. The number of hydrogen-bond acceptors (Lipinski definition) is 2. The van der Waals surface area contributed by atoms with Crippen LogP contribution in [-0.2, 0) is 17.7 Å². The summed E-state index contributed by atoms with van der Waals surface area (Å²) in [6.45, 7) is 3.13. The summed E-state index contributed by atoms with van der Waals surface area (Å²) < 4.78 is 16.8. The van der Waals surface area contributed by atoms with Crippen LogP contribution in [0.1, 0.15) is 12.5 Å². The van der Waals surface area contributed by atoms with Crippen LogP contribution in [0, 0.1) is 0 Å². The molecule has 0 saturated heterocycles. The number of rotatable bonds is 5. The van der Waals surface area contributed by atoms with Gasteiger partial charge in [-0.3, -0.25) is 0 Å². The smallest absolute Gasteiger partial charge is 0.167 e. The lowest BCUT2D eigenvalue weighted by molar-refractivity contribution is 0.661. The molecule has 1 aromatic carbocycles. The highest BCUT2D eigenvalue weighted by Gasteiger charge is 1.97. The first-order valence-corrected chi connectivity index (χ1v) is 5.60. The van der Waals surface area contributed by atoms with Gasteiger partial charge in [-0.2, -0.15) is 0 Å². The molecule has 4 N–H and O–H groups in total. The van der Waals surface area contributed by atoms with Gasteiger partial charge >= 0.3 is 0 Å². The third kappa shape index (κ3) is 3.87. The number of anilines is 1. The Hall–Kier alpha value is -0.910. The van der Waals surface area contributed by atoms with Gasteiger partial charge in [-0.25, -0.2) is 13.7 Å². The van der Waals surface area contributed by atoms with Gasteiger partial charge in [-0.05, 0) is 17.7 Å². The zero-order chi connectivity index (χ0) is 10.4. The fourth-order valence-corrected chi connectivity index (χ4v) is 1.70. The molecule has 0 amide bonds. The molecule has 4 nitrogen and oxygen atoms in total. The van der Waals surface area contributed by atoms with E-state index in [4.69, 9.17) is 5.73 Å². The third-order valence-corrected chi connectivity index (χ3v) is 2.59. The summed E-state index contributed by atoms with van der Waals surface area (Å²) in [5.41, 5.74) is 7.35. The molecule has 0 saturated carbocycles. The molecule has 0 spiro atoms. The Morgan fingerprint density at radius 1 is 1.43 bits per heavy atom. The monoisotopic (exact) mass is 213 g/mol. The lowest BCUT2D eigenvalue weighted by Crippen LogP contribution is -2.29. The number of nitrogens with one attached hydrogen (secondary N) is 2. The van der Waals surface area contributed by atoms with Gasteiger partial charge < -0.3 is 5.73 Å². The van der Waals surface area contributed by atoms with Crippen LogP contribution in [-0.4, -0.2) is 10.8 Å². The quantitative estimate of drug-likeness (QED) is 0.625. The fraction of sp³-hybridized carbons (Fsp3) is 0.333. The summed E-state index contributed by atoms with van der Waals surface area (Å²) in [7, 11) is 0. The second-order valence-electron chi connectivity index (χ2n) is 2.83. The van der Waals surface area contributed by atoms with E-state index in [0.29, 0.717) is 13.1 Å². The molecule has 78 valence electrons. The van der Waals surface area contributed by atoms with Crippen molar-refractivity contribution >= 4 is 16.9 Å². The Balaban J connectivity index is 2.41. The van der Waals surface area contributed by atoms with Gasteiger partial charge in [0.15, 0.2) is 11.2 Å². The van der Waals surface area contributed by atoms with Crippen molar-refractivity contribution in [1.29, 1.82) is 0 Å². The number of nitrogen functional groups attached to an aromatic ring is 1. The largest absolute Gasteiger partial charge is 0.399 e. The Morgan fingerprint density at radius 2 is 2.21 bits per heavy atom. The van der Waals surface area contributed by atoms with Crippen LogP contribution in [0.5, 0.6) is 0 Å². The predicted molar refractivity (Wildman–Crippen MR) is 59.5 cm³/mol. The molecule has 5 heteroatoms. The van der Waals surface area contributed by atoms with Crippen LogP contribution in [0.3, 0.4) is 0 Å². The predicted octanol–water partition coefficient (Wildman–Crippen LogP) is 0.547. The fourth-order valence-electron chi connectivity index (χ4n) is 1.03. The normalized spacial score (nSPS) is 12.6. The van der Waals surface area contributed by atoms with Crippen molar-refractivity contribution in [2.24, 2.45) is 0 Å². The van der Waals surface area contributed by atoms with Crippen molar-refractivity contribution in [2.75, 3.05) is 12.3 Å². The molecule has 1 aromatic rings. The highest BCUT2D eigenvalue weighted by atomic mass is 32.2.